The van der Waals surface area contributed by atoms with Crippen LogP contribution in [0.4, 0.5) is 5.69 Å². The Labute approximate surface area is 79.6 Å². The van der Waals surface area contributed by atoms with E-state index in [1.807, 2.05) is 25.1 Å². The van der Waals surface area contributed by atoms with E-state index in [9.17, 15) is 0 Å². The van der Waals surface area contributed by atoms with Gasteiger partial charge in [-0.05, 0) is 25.0 Å². The van der Waals surface area contributed by atoms with Gasteiger partial charge in [0.1, 0.15) is 0 Å². The van der Waals surface area contributed by atoms with Gasteiger partial charge < -0.3 is 10.4 Å². The van der Waals surface area contributed by atoms with Crippen LogP contribution in [0.3, 0.4) is 0 Å². The molecule has 2 heteroatoms. The molecule has 0 aromatic heterocycles. The molecule has 0 fully saturated rings. The molecule has 1 rings (SSSR count). The minimum Gasteiger partial charge on any atom is -0.392 e. The molecule has 0 spiro atoms. The highest BCUT2D eigenvalue weighted by atomic mass is 16.3. The molecule has 0 saturated heterocycles. The van der Waals surface area contributed by atoms with Gasteiger partial charge in [0, 0.05) is 17.8 Å². The number of anilines is 1. The van der Waals surface area contributed by atoms with Gasteiger partial charge >= 0.3 is 0 Å². The molecule has 0 bridgehead atoms. The Balaban J connectivity index is 2.85. The summed E-state index contributed by atoms with van der Waals surface area (Å²) in [7, 11) is 0. The van der Waals surface area contributed by atoms with Gasteiger partial charge in [-0.15, -0.1) is 0 Å². The fraction of sp³-hybridized carbons (Fsp3) is 0.455. The number of aryl methyl sites for hydroxylation is 1. The summed E-state index contributed by atoms with van der Waals surface area (Å²) in [5.41, 5.74) is 3.21. The molecule has 0 heterocycles. The van der Waals surface area contributed by atoms with Gasteiger partial charge in [-0.3, -0.25) is 0 Å². The van der Waals surface area contributed by atoms with Crippen molar-refractivity contribution in [3.8, 4) is 0 Å². The Hall–Kier alpha value is -1.02. The van der Waals surface area contributed by atoms with Crippen molar-refractivity contribution in [2.45, 2.75) is 26.9 Å². The molecule has 0 aliphatic rings. The lowest BCUT2D eigenvalue weighted by molar-refractivity contribution is 0.281. The number of rotatable bonds is 4. The summed E-state index contributed by atoms with van der Waals surface area (Å²) in [5, 5.41) is 12.5. The Bertz CT molecular complexity index is 271. The number of aliphatic hydroxyl groups is 1. The van der Waals surface area contributed by atoms with Crippen LogP contribution < -0.4 is 5.32 Å². The standard InChI is InChI=1S/C11H17NO/c1-3-7-12-11-6-4-5-9(2)10(11)8-13/h4-6,12-13H,3,7-8H2,1-2H3. The first-order valence-electron chi connectivity index (χ1n) is 4.72. The summed E-state index contributed by atoms with van der Waals surface area (Å²) in [4.78, 5) is 0. The summed E-state index contributed by atoms with van der Waals surface area (Å²) < 4.78 is 0. The summed E-state index contributed by atoms with van der Waals surface area (Å²) in [6.07, 6.45) is 1.10. The second kappa shape index (κ2) is 4.87. The quantitative estimate of drug-likeness (QED) is 0.743. The van der Waals surface area contributed by atoms with Crippen molar-refractivity contribution >= 4 is 5.69 Å². The van der Waals surface area contributed by atoms with Crippen molar-refractivity contribution in [2.24, 2.45) is 0 Å². The molecule has 1 aromatic carbocycles. The highest BCUT2D eigenvalue weighted by Gasteiger charge is 2.02. The second-order valence-electron chi connectivity index (χ2n) is 3.19. The highest BCUT2D eigenvalue weighted by molar-refractivity contribution is 5.54. The lowest BCUT2D eigenvalue weighted by atomic mass is 10.1. The minimum atomic E-state index is 0.110. The van der Waals surface area contributed by atoms with E-state index in [0.717, 1.165) is 29.8 Å². The molecule has 1 aromatic rings. The summed E-state index contributed by atoms with van der Waals surface area (Å²) >= 11 is 0. The van der Waals surface area contributed by atoms with E-state index in [4.69, 9.17) is 5.11 Å². The van der Waals surface area contributed by atoms with Crippen molar-refractivity contribution in [1.82, 2.24) is 0 Å². The van der Waals surface area contributed by atoms with Crippen LogP contribution in [0.1, 0.15) is 24.5 Å². The Kier molecular flexibility index (Phi) is 3.77. The van der Waals surface area contributed by atoms with Crippen LogP contribution in [-0.4, -0.2) is 11.7 Å². The number of hydrogen-bond donors (Lipinski definition) is 2. The maximum Gasteiger partial charge on any atom is 0.0704 e. The van der Waals surface area contributed by atoms with E-state index < -0.39 is 0 Å². The van der Waals surface area contributed by atoms with Gasteiger partial charge in [0.05, 0.1) is 6.61 Å². The zero-order valence-corrected chi connectivity index (χ0v) is 8.30. The van der Waals surface area contributed by atoms with E-state index in [2.05, 4.69) is 12.2 Å². The number of aliphatic hydroxyl groups excluding tert-OH is 1. The summed E-state index contributed by atoms with van der Waals surface area (Å²) in [6, 6.07) is 6.03. The van der Waals surface area contributed by atoms with Crippen molar-refractivity contribution < 1.29 is 5.11 Å². The molecule has 0 radical (unpaired) electrons. The average Bonchev–Trinajstić information content (AvgIpc) is 2.15. The monoisotopic (exact) mass is 179 g/mol. The Morgan fingerprint density at radius 1 is 1.38 bits per heavy atom. The molecule has 0 amide bonds. The maximum atomic E-state index is 9.16. The van der Waals surface area contributed by atoms with E-state index in [-0.39, 0.29) is 6.61 Å². The SMILES string of the molecule is CCCNc1cccc(C)c1CO. The molecule has 72 valence electrons. The van der Waals surface area contributed by atoms with Crippen LogP contribution in [0.15, 0.2) is 18.2 Å². The zero-order chi connectivity index (χ0) is 9.68. The van der Waals surface area contributed by atoms with E-state index in [1.54, 1.807) is 0 Å². The van der Waals surface area contributed by atoms with Crippen molar-refractivity contribution in [3.63, 3.8) is 0 Å². The Morgan fingerprint density at radius 2 is 2.15 bits per heavy atom. The molecular formula is C11H17NO. The normalized spacial score (nSPS) is 10.1. The highest BCUT2D eigenvalue weighted by Crippen LogP contribution is 2.19. The topological polar surface area (TPSA) is 32.3 Å². The third kappa shape index (κ3) is 2.46. The van der Waals surface area contributed by atoms with Gasteiger partial charge in [0.25, 0.3) is 0 Å². The van der Waals surface area contributed by atoms with Crippen LogP contribution >= 0.6 is 0 Å². The molecule has 0 unspecified atom stereocenters. The van der Waals surface area contributed by atoms with Crippen LogP contribution in [0, 0.1) is 6.92 Å². The minimum absolute atomic E-state index is 0.110. The largest absolute Gasteiger partial charge is 0.392 e. The van der Waals surface area contributed by atoms with Gasteiger partial charge in [0.15, 0.2) is 0 Å². The molecule has 13 heavy (non-hydrogen) atoms. The first kappa shape index (κ1) is 10.1. The van der Waals surface area contributed by atoms with Crippen LogP contribution in [0.2, 0.25) is 0 Å². The van der Waals surface area contributed by atoms with E-state index in [0.29, 0.717) is 0 Å². The van der Waals surface area contributed by atoms with E-state index in [1.165, 1.54) is 0 Å². The zero-order valence-electron chi connectivity index (χ0n) is 8.30. The lowest BCUT2D eigenvalue weighted by Gasteiger charge is -2.11. The lowest BCUT2D eigenvalue weighted by Crippen LogP contribution is -2.04. The molecule has 0 atom stereocenters. The van der Waals surface area contributed by atoms with Gasteiger partial charge in [-0.1, -0.05) is 19.1 Å². The first-order chi connectivity index (χ1) is 6.29. The van der Waals surface area contributed by atoms with Gasteiger partial charge in [-0.2, -0.15) is 0 Å². The van der Waals surface area contributed by atoms with Crippen LogP contribution in [0.5, 0.6) is 0 Å². The maximum absolute atomic E-state index is 9.16. The first-order valence-corrected chi connectivity index (χ1v) is 4.72. The fourth-order valence-electron chi connectivity index (χ4n) is 1.34. The predicted octanol–water partition coefficient (Wildman–Crippen LogP) is 2.31. The smallest absolute Gasteiger partial charge is 0.0704 e. The third-order valence-corrected chi connectivity index (χ3v) is 2.13. The fourth-order valence-corrected chi connectivity index (χ4v) is 1.34. The van der Waals surface area contributed by atoms with Crippen LogP contribution in [-0.2, 0) is 6.61 Å². The summed E-state index contributed by atoms with van der Waals surface area (Å²) in [6.45, 7) is 5.21. The van der Waals surface area contributed by atoms with Crippen LogP contribution in [0.25, 0.3) is 0 Å². The number of benzene rings is 1. The van der Waals surface area contributed by atoms with Gasteiger partial charge in [-0.25, -0.2) is 0 Å². The molecule has 0 aliphatic heterocycles. The van der Waals surface area contributed by atoms with Crippen molar-refractivity contribution in [1.29, 1.82) is 0 Å². The average molecular weight is 179 g/mol. The number of hydrogen-bond acceptors (Lipinski definition) is 2. The third-order valence-electron chi connectivity index (χ3n) is 2.13. The Morgan fingerprint density at radius 3 is 2.77 bits per heavy atom. The van der Waals surface area contributed by atoms with Gasteiger partial charge in [0.2, 0.25) is 0 Å². The molecule has 2 nitrogen and oxygen atoms in total. The van der Waals surface area contributed by atoms with E-state index >= 15 is 0 Å². The molecular weight excluding hydrogens is 162 g/mol. The van der Waals surface area contributed by atoms with Crippen molar-refractivity contribution in [3.05, 3.63) is 29.3 Å². The molecule has 0 saturated carbocycles. The predicted molar refractivity (Wildman–Crippen MR) is 55.9 cm³/mol. The number of nitrogens with one attached hydrogen (secondary N) is 1. The molecule has 2 N–H and O–H groups in total. The summed E-state index contributed by atoms with van der Waals surface area (Å²) in [5.74, 6) is 0. The second-order valence-corrected chi connectivity index (χ2v) is 3.19. The molecule has 0 aliphatic carbocycles. The van der Waals surface area contributed by atoms with Crippen molar-refractivity contribution in [2.75, 3.05) is 11.9 Å².